The van der Waals surface area contributed by atoms with E-state index in [-0.39, 0.29) is 5.97 Å². The molecule has 1 unspecified atom stereocenters. The monoisotopic (exact) mass is 316 g/mol. The number of carbonyl (C=O) groups excluding carboxylic acids is 1. The van der Waals surface area contributed by atoms with E-state index in [9.17, 15) is 4.79 Å². The van der Waals surface area contributed by atoms with Crippen molar-refractivity contribution in [3.63, 3.8) is 0 Å². The fourth-order valence-corrected chi connectivity index (χ4v) is 4.05. The highest BCUT2D eigenvalue weighted by Crippen LogP contribution is 2.34. The largest absolute Gasteiger partial charge is 0.468 e. The molecule has 1 aliphatic heterocycles. The van der Waals surface area contributed by atoms with Crippen molar-refractivity contribution in [2.24, 2.45) is 0 Å². The predicted molar refractivity (Wildman–Crippen MR) is 91.4 cm³/mol. The smallest absolute Gasteiger partial charge is 0.319 e. The Kier molecular flexibility index (Phi) is 5.34. The quantitative estimate of drug-likeness (QED) is 0.634. The van der Waals surface area contributed by atoms with Gasteiger partial charge in [0.25, 0.3) is 0 Å². The molecule has 126 valence electrons. The lowest BCUT2D eigenvalue weighted by atomic mass is 9.96. The van der Waals surface area contributed by atoms with E-state index in [2.05, 4.69) is 41.0 Å². The lowest BCUT2D eigenvalue weighted by molar-refractivity contribution is -0.143. The van der Waals surface area contributed by atoms with Crippen LogP contribution in [0.5, 0.6) is 0 Å². The van der Waals surface area contributed by atoms with Gasteiger partial charge in [0.2, 0.25) is 0 Å². The second-order valence-electron chi connectivity index (χ2n) is 6.85. The van der Waals surface area contributed by atoms with E-state index in [0.29, 0.717) is 18.6 Å². The van der Waals surface area contributed by atoms with Gasteiger partial charge in [-0.05, 0) is 37.3 Å². The molecule has 0 bridgehead atoms. The Balaban J connectivity index is 1.70. The molecule has 1 saturated heterocycles. The maximum atomic E-state index is 11.5. The molecule has 0 radical (unpaired) electrons. The van der Waals surface area contributed by atoms with Crippen LogP contribution < -0.4 is 0 Å². The second kappa shape index (κ2) is 7.45. The first kappa shape index (κ1) is 16.5. The fraction of sp³-hybridized carbons (Fsp3) is 0.632. The van der Waals surface area contributed by atoms with Gasteiger partial charge in [-0.25, -0.2) is 0 Å². The zero-order chi connectivity index (χ0) is 16.2. The molecular weight excluding hydrogens is 288 g/mol. The van der Waals surface area contributed by atoms with Crippen LogP contribution >= 0.6 is 0 Å². The van der Waals surface area contributed by atoms with Gasteiger partial charge < -0.3 is 4.74 Å². The minimum absolute atomic E-state index is 0.134. The van der Waals surface area contributed by atoms with Gasteiger partial charge in [-0.1, -0.05) is 30.7 Å². The number of carbonyl (C=O) groups is 1. The summed E-state index contributed by atoms with van der Waals surface area (Å²) < 4.78 is 4.81. The Morgan fingerprint density at radius 2 is 2.09 bits per heavy atom. The van der Waals surface area contributed by atoms with Gasteiger partial charge in [-0.3, -0.25) is 14.6 Å². The summed E-state index contributed by atoms with van der Waals surface area (Å²) in [5, 5.41) is 0. The number of fused-ring (bicyclic) bond motifs is 1. The fourth-order valence-electron chi connectivity index (χ4n) is 4.05. The number of nitrogens with zero attached hydrogens (tertiary/aromatic N) is 2. The van der Waals surface area contributed by atoms with Gasteiger partial charge in [0, 0.05) is 31.7 Å². The molecule has 0 spiro atoms. The van der Waals surface area contributed by atoms with E-state index in [4.69, 9.17) is 4.74 Å². The molecule has 0 saturated carbocycles. The predicted octanol–water partition coefficient (Wildman–Crippen LogP) is 2.63. The van der Waals surface area contributed by atoms with E-state index in [1.807, 2.05) is 0 Å². The van der Waals surface area contributed by atoms with Crippen molar-refractivity contribution in [1.29, 1.82) is 0 Å². The molecular formula is C19H28N2O2. The summed E-state index contributed by atoms with van der Waals surface area (Å²) in [5.41, 5.74) is 3.05. The average Bonchev–Trinajstić information content (AvgIpc) is 2.79. The Morgan fingerprint density at radius 1 is 1.26 bits per heavy atom. The molecule has 1 aromatic carbocycles. The number of benzene rings is 1. The Labute approximate surface area is 139 Å². The lowest BCUT2D eigenvalue weighted by Gasteiger charge is -2.43. The molecule has 1 aromatic rings. The van der Waals surface area contributed by atoms with Crippen LogP contribution in [0.15, 0.2) is 24.3 Å². The number of hydrogen-bond acceptors (Lipinski definition) is 4. The molecule has 4 nitrogen and oxygen atoms in total. The first-order valence-corrected chi connectivity index (χ1v) is 8.81. The van der Waals surface area contributed by atoms with Crippen LogP contribution in [0, 0.1) is 0 Å². The number of hydrogen-bond donors (Lipinski definition) is 0. The van der Waals surface area contributed by atoms with Crippen LogP contribution in [0.3, 0.4) is 0 Å². The molecule has 0 N–H and O–H groups in total. The second-order valence-corrected chi connectivity index (χ2v) is 6.85. The molecule has 1 fully saturated rings. The molecule has 4 heteroatoms. The Bertz CT molecular complexity index is 546. The SMILES string of the molecule is COC(=O)CN1CCN(C2CCCCc3ccccc32)C[C@H]1C. The van der Waals surface area contributed by atoms with Crippen molar-refractivity contribution in [2.45, 2.75) is 44.7 Å². The standard InChI is InChI=1S/C19H28N2O2/c1-15-13-21(12-11-20(15)14-19(22)23-2)18-10-6-4-8-16-7-3-5-9-17(16)18/h3,5,7,9,15,18H,4,6,8,10-14H2,1-2H3/t15-,18?/m1/s1. The van der Waals surface area contributed by atoms with Gasteiger partial charge in [0.05, 0.1) is 13.7 Å². The molecule has 2 atom stereocenters. The third-order valence-electron chi connectivity index (χ3n) is 5.38. The normalized spacial score (nSPS) is 26.3. The number of ether oxygens (including phenoxy) is 1. The van der Waals surface area contributed by atoms with E-state index in [0.717, 1.165) is 19.6 Å². The number of rotatable bonds is 3. The molecule has 1 heterocycles. The van der Waals surface area contributed by atoms with Crippen LogP contribution in [-0.4, -0.2) is 55.1 Å². The summed E-state index contributed by atoms with van der Waals surface area (Å²) >= 11 is 0. The molecule has 0 aromatic heterocycles. The van der Waals surface area contributed by atoms with Gasteiger partial charge in [0.1, 0.15) is 0 Å². The van der Waals surface area contributed by atoms with E-state index in [1.54, 1.807) is 0 Å². The summed E-state index contributed by atoms with van der Waals surface area (Å²) in [6, 6.07) is 9.88. The van der Waals surface area contributed by atoms with Crippen LogP contribution in [0.1, 0.15) is 43.4 Å². The minimum Gasteiger partial charge on any atom is -0.468 e. The van der Waals surface area contributed by atoms with Crippen molar-refractivity contribution in [3.8, 4) is 0 Å². The summed E-state index contributed by atoms with van der Waals surface area (Å²) in [6.07, 6.45) is 5.06. The zero-order valence-corrected chi connectivity index (χ0v) is 14.3. The summed E-state index contributed by atoms with van der Waals surface area (Å²) in [7, 11) is 1.46. The van der Waals surface area contributed by atoms with Crippen molar-refractivity contribution in [2.75, 3.05) is 33.3 Å². The van der Waals surface area contributed by atoms with Crippen molar-refractivity contribution >= 4 is 5.97 Å². The van der Waals surface area contributed by atoms with Crippen LogP contribution in [-0.2, 0) is 16.0 Å². The first-order chi connectivity index (χ1) is 11.2. The average molecular weight is 316 g/mol. The van der Waals surface area contributed by atoms with Gasteiger partial charge in [0.15, 0.2) is 0 Å². The highest BCUT2D eigenvalue weighted by atomic mass is 16.5. The third kappa shape index (κ3) is 3.75. The number of esters is 1. The van der Waals surface area contributed by atoms with Crippen molar-refractivity contribution in [3.05, 3.63) is 35.4 Å². The maximum Gasteiger partial charge on any atom is 0.319 e. The summed E-state index contributed by atoms with van der Waals surface area (Å²) in [6.45, 7) is 5.62. The number of aryl methyl sites for hydroxylation is 1. The highest BCUT2D eigenvalue weighted by Gasteiger charge is 2.31. The molecule has 1 aliphatic carbocycles. The van der Waals surface area contributed by atoms with E-state index < -0.39 is 0 Å². The number of piperazine rings is 1. The number of methoxy groups -OCH3 is 1. The van der Waals surface area contributed by atoms with Crippen LogP contribution in [0.2, 0.25) is 0 Å². The molecule has 3 rings (SSSR count). The van der Waals surface area contributed by atoms with Gasteiger partial charge >= 0.3 is 5.97 Å². The minimum atomic E-state index is -0.134. The zero-order valence-electron chi connectivity index (χ0n) is 14.3. The van der Waals surface area contributed by atoms with Gasteiger partial charge in [-0.15, -0.1) is 0 Å². The van der Waals surface area contributed by atoms with E-state index in [1.165, 1.54) is 43.9 Å². The van der Waals surface area contributed by atoms with Crippen LogP contribution in [0.4, 0.5) is 0 Å². The Morgan fingerprint density at radius 3 is 2.87 bits per heavy atom. The van der Waals surface area contributed by atoms with Crippen molar-refractivity contribution in [1.82, 2.24) is 9.80 Å². The molecule has 2 aliphatic rings. The Hall–Kier alpha value is -1.39. The first-order valence-electron chi connectivity index (χ1n) is 8.81. The summed E-state index contributed by atoms with van der Waals surface area (Å²) in [4.78, 5) is 16.4. The lowest BCUT2D eigenvalue weighted by Crippen LogP contribution is -2.54. The summed E-state index contributed by atoms with van der Waals surface area (Å²) in [5.74, 6) is -0.134. The maximum absolute atomic E-state index is 11.5. The molecule has 23 heavy (non-hydrogen) atoms. The van der Waals surface area contributed by atoms with Crippen LogP contribution in [0.25, 0.3) is 0 Å². The third-order valence-corrected chi connectivity index (χ3v) is 5.38. The topological polar surface area (TPSA) is 32.8 Å². The van der Waals surface area contributed by atoms with Crippen molar-refractivity contribution < 1.29 is 9.53 Å². The highest BCUT2D eigenvalue weighted by molar-refractivity contribution is 5.71. The van der Waals surface area contributed by atoms with E-state index >= 15 is 0 Å². The molecule has 0 amide bonds. The van der Waals surface area contributed by atoms with Gasteiger partial charge in [-0.2, -0.15) is 0 Å².